The van der Waals surface area contributed by atoms with Crippen LogP contribution < -0.4 is 16.0 Å². The molecule has 202 valence electrons. The molecule has 7 heteroatoms. The molecule has 0 atom stereocenters. The third-order valence-electron chi connectivity index (χ3n) is 5.87. The first kappa shape index (κ1) is 28.4. The molecule has 0 bridgehead atoms. The van der Waals surface area contributed by atoms with Crippen molar-refractivity contribution in [2.24, 2.45) is 0 Å². The lowest BCUT2D eigenvalue weighted by Crippen LogP contribution is -2.30. The molecule has 0 spiro atoms. The molecule has 0 unspecified atom stereocenters. The molecular weight excluding hydrogens is 518 g/mol. The van der Waals surface area contributed by atoms with Crippen molar-refractivity contribution in [2.45, 2.75) is 25.7 Å². The highest BCUT2D eigenvalue weighted by Gasteiger charge is 2.15. The summed E-state index contributed by atoms with van der Waals surface area (Å²) in [4.78, 5) is 39.4. The summed E-state index contributed by atoms with van der Waals surface area (Å²) in [5, 5.41) is 8.55. The molecule has 0 radical (unpaired) electrons. The maximum Gasteiger partial charge on any atom is 0.272 e. The van der Waals surface area contributed by atoms with Crippen LogP contribution in [-0.2, 0) is 9.59 Å². The first-order valence-corrected chi connectivity index (χ1v) is 13.8. The predicted molar refractivity (Wildman–Crippen MR) is 163 cm³/mol. The predicted octanol–water partition coefficient (Wildman–Crippen LogP) is 6.75. The molecule has 6 nitrogen and oxygen atoms in total. The van der Waals surface area contributed by atoms with Crippen molar-refractivity contribution in [3.63, 3.8) is 0 Å². The van der Waals surface area contributed by atoms with E-state index in [-0.39, 0.29) is 23.3 Å². The smallest absolute Gasteiger partial charge is 0.272 e. The molecule has 3 N–H and O–H groups in total. The molecule has 0 saturated carbocycles. The van der Waals surface area contributed by atoms with Crippen LogP contribution in [0.2, 0.25) is 0 Å². The number of carbonyl (C=O) groups excluding carboxylic acids is 3. The fourth-order valence-electron chi connectivity index (χ4n) is 4.09. The minimum absolute atomic E-state index is 0.0903. The van der Waals surface area contributed by atoms with Gasteiger partial charge in [0.05, 0.1) is 5.75 Å². The molecule has 0 aliphatic rings. The van der Waals surface area contributed by atoms with Crippen molar-refractivity contribution in [2.75, 3.05) is 16.4 Å². The Hall–Kier alpha value is -4.62. The number of thioether (sulfide) groups is 1. The van der Waals surface area contributed by atoms with E-state index in [0.29, 0.717) is 11.3 Å². The summed E-state index contributed by atoms with van der Waals surface area (Å²) in [5.41, 5.74) is 5.96. The van der Waals surface area contributed by atoms with Gasteiger partial charge in [-0.2, -0.15) is 0 Å². The fourth-order valence-corrected chi connectivity index (χ4v) is 4.79. The molecule has 0 heterocycles. The highest BCUT2D eigenvalue weighted by Crippen LogP contribution is 2.22. The van der Waals surface area contributed by atoms with E-state index in [4.69, 9.17) is 0 Å². The van der Waals surface area contributed by atoms with E-state index in [1.54, 1.807) is 42.5 Å². The van der Waals surface area contributed by atoms with Gasteiger partial charge in [-0.15, -0.1) is 11.8 Å². The number of benzene rings is 4. The number of amides is 3. The minimum Gasteiger partial charge on any atom is -0.325 e. The van der Waals surface area contributed by atoms with Crippen LogP contribution in [0, 0.1) is 20.8 Å². The fraction of sp³-hybridized carbons (Fsp3) is 0.121. The maximum atomic E-state index is 13.2. The molecule has 3 amide bonds. The lowest BCUT2D eigenvalue weighted by molar-refractivity contribution is -0.114. The van der Waals surface area contributed by atoms with E-state index in [1.807, 2.05) is 75.4 Å². The molecule has 40 heavy (non-hydrogen) atoms. The van der Waals surface area contributed by atoms with E-state index < -0.39 is 5.91 Å². The monoisotopic (exact) mass is 549 g/mol. The van der Waals surface area contributed by atoms with Gasteiger partial charge in [0.2, 0.25) is 5.91 Å². The first-order valence-electron chi connectivity index (χ1n) is 12.8. The van der Waals surface area contributed by atoms with Gasteiger partial charge in [0.1, 0.15) is 5.70 Å². The standard InChI is InChI=1S/C33H31N3O3S/c1-22-8-7-9-25(17-22)20-30(36-32(38)26-10-5-4-6-11-26)33(39)35-27-12-14-29(15-13-27)40-21-31(37)34-28-18-23(2)16-24(3)19-28/h4-20H,21H2,1-3H3,(H,34,37)(H,35,39)(H,36,38)/b30-20-. The van der Waals surface area contributed by atoms with Crippen molar-refractivity contribution in [1.82, 2.24) is 5.32 Å². The van der Waals surface area contributed by atoms with Gasteiger partial charge in [-0.05, 0) is 92.1 Å². The summed E-state index contributed by atoms with van der Waals surface area (Å²) in [6, 6.07) is 29.6. The highest BCUT2D eigenvalue weighted by atomic mass is 32.2. The van der Waals surface area contributed by atoms with Gasteiger partial charge in [0.15, 0.2) is 0 Å². The summed E-state index contributed by atoms with van der Waals surface area (Å²) < 4.78 is 0. The molecular formula is C33H31N3O3S. The topological polar surface area (TPSA) is 87.3 Å². The lowest BCUT2D eigenvalue weighted by atomic mass is 10.1. The van der Waals surface area contributed by atoms with Gasteiger partial charge in [-0.25, -0.2) is 0 Å². The van der Waals surface area contributed by atoms with Crippen molar-refractivity contribution >= 4 is 46.9 Å². The van der Waals surface area contributed by atoms with E-state index in [9.17, 15) is 14.4 Å². The SMILES string of the molecule is Cc1cccc(/C=C(\NC(=O)c2ccccc2)C(=O)Nc2ccc(SCC(=O)Nc3cc(C)cc(C)c3)cc2)c1. The van der Waals surface area contributed by atoms with Gasteiger partial charge >= 0.3 is 0 Å². The molecule has 0 aromatic heterocycles. The molecule has 0 fully saturated rings. The van der Waals surface area contributed by atoms with Crippen molar-refractivity contribution in [3.8, 4) is 0 Å². The number of aryl methyl sites for hydroxylation is 3. The van der Waals surface area contributed by atoms with Gasteiger partial charge < -0.3 is 16.0 Å². The molecule has 0 aliphatic carbocycles. The van der Waals surface area contributed by atoms with Crippen LogP contribution in [0.5, 0.6) is 0 Å². The number of nitrogens with one attached hydrogen (secondary N) is 3. The van der Waals surface area contributed by atoms with Gasteiger partial charge in [0.25, 0.3) is 11.8 Å². The second-order valence-electron chi connectivity index (χ2n) is 9.48. The van der Waals surface area contributed by atoms with Crippen molar-refractivity contribution in [3.05, 3.63) is 131 Å². The highest BCUT2D eigenvalue weighted by molar-refractivity contribution is 8.00. The van der Waals surface area contributed by atoms with Crippen LogP contribution in [0.4, 0.5) is 11.4 Å². The molecule has 4 aromatic rings. The second-order valence-corrected chi connectivity index (χ2v) is 10.5. The van der Waals surface area contributed by atoms with Crippen LogP contribution in [-0.4, -0.2) is 23.5 Å². The Morgan fingerprint density at radius 3 is 2.08 bits per heavy atom. The van der Waals surface area contributed by atoms with Gasteiger partial charge in [-0.3, -0.25) is 14.4 Å². The summed E-state index contributed by atoms with van der Waals surface area (Å²) in [6.45, 7) is 5.96. The van der Waals surface area contributed by atoms with E-state index in [2.05, 4.69) is 22.0 Å². The van der Waals surface area contributed by atoms with E-state index in [1.165, 1.54) is 11.8 Å². The summed E-state index contributed by atoms with van der Waals surface area (Å²) >= 11 is 1.41. The van der Waals surface area contributed by atoms with E-state index in [0.717, 1.165) is 32.8 Å². The quantitative estimate of drug-likeness (QED) is 0.159. The Balaban J connectivity index is 1.40. The molecule has 4 rings (SSSR count). The number of rotatable bonds is 9. The average molecular weight is 550 g/mol. The van der Waals surface area contributed by atoms with Gasteiger partial charge in [-0.1, -0.05) is 54.1 Å². The number of anilines is 2. The number of hydrogen-bond acceptors (Lipinski definition) is 4. The second kappa shape index (κ2) is 13.4. The lowest BCUT2D eigenvalue weighted by Gasteiger charge is -2.12. The summed E-state index contributed by atoms with van der Waals surface area (Å²) in [7, 11) is 0. The Bertz CT molecular complexity index is 1530. The van der Waals surface area contributed by atoms with E-state index >= 15 is 0 Å². The van der Waals surface area contributed by atoms with Crippen LogP contribution in [0.15, 0.2) is 108 Å². The third-order valence-corrected chi connectivity index (χ3v) is 6.88. The maximum absolute atomic E-state index is 13.2. The van der Waals surface area contributed by atoms with Crippen LogP contribution in [0.25, 0.3) is 6.08 Å². The normalized spacial score (nSPS) is 11.0. The average Bonchev–Trinajstić information content (AvgIpc) is 2.92. The number of hydrogen-bond donors (Lipinski definition) is 3. The third kappa shape index (κ3) is 8.44. The zero-order valence-corrected chi connectivity index (χ0v) is 23.5. The molecule has 0 saturated heterocycles. The van der Waals surface area contributed by atoms with Gasteiger partial charge in [0, 0.05) is 21.8 Å². The Kier molecular flexibility index (Phi) is 9.54. The molecule has 4 aromatic carbocycles. The first-order chi connectivity index (χ1) is 19.2. The minimum atomic E-state index is -0.445. The Morgan fingerprint density at radius 1 is 0.700 bits per heavy atom. The van der Waals surface area contributed by atoms with Crippen LogP contribution in [0.3, 0.4) is 0 Å². The Morgan fingerprint density at radius 2 is 1.40 bits per heavy atom. The molecule has 0 aliphatic heterocycles. The number of carbonyl (C=O) groups is 3. The van der Waals surface area contributed by atoms with Crippen molar-refractivity contribution in [1.29, 1.82) is 0 Å². The van der Waals surface area contributed by atoms with Crippen LogP contribution in [0.1, 0.15) is 32.6 Å². The Labute approximate surface area is 238 Å². The van der Waals surface area contributed by atoms with Crippen LogP contribution >= 0.6 is 11.8 Å². The zero-order chi connectivity index (χ0) is 28.5. The summed E-state index contributed by atoms with van der Waals surface area (Å²) in [6.07, 6.45) is 1.65. The van der Waals surface area contributed by atoms with Crippen molar-refractivity contribution < 1.29 is 14.4 Å². The zero-order valence-electron chi connectivity index (χ0n) is 22.7. The summed E-state index contributed by atoms with van der Waals surface area (Å²) in [5.74, 6) is -0.653. The largest absolute Gasteiger partial charge is 0.325 e.